The van der Waals surface area contributed by atoms with Crippen molar-refractivity contribution in [3.63, 3.8) is 0 Å². The lowest BCUT2D eigenvalue weighted by Crippen LogP contribution is -2.35. The molecule has 14 nitrogen and oxygen atoms in total. The molecule has 2 heterocycles. The first-order valence-electron chi connectivity index (χ1n) is 7.90. The molecule has 0 bridgehead atoms. The van der Waals surface area contributed by atoms with Gasteiger partial charge in [0, 0.05) is 12.6 Å². The third-order valence-electron chi connectivity index (χ3n) is 3.70. The number of carboxylic acid groups (broad SMARTS) is 1. The van der Waals surface area contributed by atoms with Crippen molar-refractivity contribution in [2.75, 3.05) is 12.3 Å². The number of carbonyl (C=O) groups is 2. The van der Waals surface area contributed by atoms with E-state index in [4.69, 9.17) is 31.3 Å². The molecule has 0 saturated carbocycles. The van der Waals surface area contributed by atoms with Gasteiger partial charge >= 0.3 is 25.4 Å². The summed E-state index contributed by atoms with van der Waals surface area (Å²) < 4.78 is 27.8. The molecule has 0 radical (unpaired) electrons. The first kappa shape index (κ1) is 21.9. The highest BCUT2D eigenvalue weighted by Crippen LogP contribution is 2.41. The quantitative estimate of drug-likeness (QED) is 0.283. The second-order valence-electron chi connectivity index (χ2n) is 5.92. The van der Waals surface area contributed by atoms with Crippen LogP contribution in [0.15, 0.2) is 17.1 Å². The highest BCUT2D eigenvalue weighted by Gasteiger charge is 2.38. The van der Waals surface area contributed by atoms with E-state index in [1.54, 1.807) is 0 Å². The maximum Gasteiger partial charge on any atom is 0.458 e. The Labute approximate surface area is 157 Å². The number of aliphatic hydroxyl groups is 1. The topological polar surface area (TPSA) is 232 Å². The summed E-state index contributed by atoms with van der Waals surface area (Å²) in [6, 6.07) is -0.213. The van der Waals surface area contributed by atoms with Crippen LogP contribution in [0.1, 0.15) is 19.1 Å². The second-order valence-corrected chi connectivity index (χ2v) is 7.45. The Morgan fingerprint density at radius 1 is 1.50 bits per heavy atom. The molecule has 2 rings (SSSR count). The number of hydrogen-bond donors (Lipinski definition) is 5. The Balaban J connectivity index is 1.92. The van der Waals surface area contributed by atoms with E-state index >= 15 is 0 Å². The molecule has 0 spiro atoms. The zero-order valence-electron chi connectivity index (χ0n) is 14.4. The number of rotatable bonds is 8. The van der Waals surface area contributed by atoms with E-state index in [2.05, 4.69) is 9.51 Å². The zero-order valence-corrected chi connectivity index (χ0v) is 15.3. The Morgan fingerprint density at radius 2 is 2.18 bits per heavy atom. The molecule has 0 amide bonds. The number of hydrogen-bond acceptors (Lipinski definition) is 11. The van der Waals surface area contributed by atoms with E-state index in [0.29, 0.717) is 0 Å². The fraction of sp³-hybridized carbons (Fsp3) is 0.538. The molecular formula is C13H20N5O9P. The van der Waals surface area contributed by atoms with Gasteiger partial charge in [-0.15, -0.1) is 0 Å². The minimum atomic E-state index is -4.44. The number of nitrogens with two attached hydrogens (primary N) is 3. The number of carbonyl (C=O) groups excluding carboxylic acids is 1. The molecule has 1 aromatic heterocycles. The molecule has 5 atom stereocenters. The first-order chi connectivity index (χ1) is 13.0. The van der Waals surface area contributed by atoms with E-state index in [-0.39, 0.29) is 12.2 Å². The third-order valence-corrected chi connectivity index (χ3v) is 4.64. The van der Waals surface area contributed by atoms with Gasteiger partial charge in [-0.2, -0.15) is 4.98 Å². The molecule has 0 aromatic carbocycles. The predicted octanol–water partition coefficient (Wildman–Crippen LogP) is -2.10. The first-order valence-corrected chi connectivity index (χ1v) is 9.52. The van der Waals surface area contributed by atoms with Crippen LogP contribution in [-0.2, 0) is 27.9 Å². The summed E-state index contributed by atoms with van der Waals surface area (Å²) >= 11 is 0. The summed E-state index contributed by atoms with van der Waals surface area (Å²) in [4.78, 5) is 37.4. The normalized spacial score (nSPS) is 25.0. The average molecular weight is 421 g/mol. The van der Waals surface area contributed by atoms with Crippen LogP contribution in [0.2, 0.25) is 0 Å². The summed E-state index contributed by atoms with van der Waals surface area (Å²) in [7, 11) is -4.44. The van der Waals surface area contributed by atoms with E-state index in [1.807, 2.05) is 0 Å². The summed E-state index contributed by atoms with van der Waals surface area (Å²) in [6.07, 6.45) is -2.46. The molecule has 1 aliphatic rings. The van der Waals surface area contributed by atoms with Crippen LogP contribution in [0.3, 0.4) is 0 Å². The van der Waals surface area contributed by atoms with Crippen molar-refractivity contribution in [2.45, 2.75) is 37.3 Å². The molecule has 15 heteroatoms. The third kappa shape index (κ3) is 5.82. The maximum absolute atomic E-state index is 12.0. The van der Waals surface area contributed by atoms with Crippen molar-refractivity contribution < 1.29 is 38.2 Å². The predicted molar refractivity (Wildman–Crippen MR) is 91.5 cm³/mol. The van der Waals surface area contributed by atoms with Gasteiger partial charge in [-0.1, -0.05) is 0 Å². The molecule has 156 valence electrons. The number of aromatic nitrogens is 2. The molecule has 1 fully saturated rings. The number of aliphatic carboxylic acids is 1. The van der Waals surface area contributed by atoms with Crippen molar-refractivity contribution in [2.24, 2.45) is 11.2 Å². The van der Waals surface area contributed by atoms with Gasteiger partial charge in [0.05, 0.1) is 19.1 Å². The highest BCUT2D eigenvalue weighted by molar-refractivity contribution is 7.51. The lowest BCUT2D eigenvalue weighted by Gasteiger charge is -2.19. The lowest BCUT2D eigenvalue weighted by atomic mass is 10.2. The van der Waals surface area contributed by atoms with Gasteiger partial charge in [0.2, 0.25) is 0 Å². The van der Waals surface area contributed by atoms with E-state index in [0.717, 1.165) is 4.57 Å². The Morgan fingerprint density at radius 3 is 2.79 bits per heavy atom. The molecule has 8 N–H and O–H groups in total. The molecule has 1 saturated heterocycles. The fourth-order valence-corrected chi connectivity index (χ4v) is 3.14. The molecule has 28 heavy (non-hydrogen) atoms. The van der Waals surface area contributed by atoms with Gasteiger partial charge in [0.1, 0.15) is 24.2 Å². The molecule has 1 aliphatic heterocycles. The van der Waals surface area contributed by atoms with Gasteiger partial charge in [-0.05, 0) is 6.07 Å². The smallest absolute Gasteiger partial charge is 0.458 e. The zero-order chi connectivity index (χ0) is 21.1. The molecule has 1 unspecified atom stereocenters. The van der Waals surface area contributed by atoms with E-state index in [9.17, 15) is 24.1 Å². The van der Waals surface area contributed by atoms with E-state index < -0.39 is 62.9 Å². The van der Waals surface area contributed by atoms with Crippen LogP contribution < -0.4 is 22.7 Å². The summed E-state index contributed by atoms with van der Waals surface area (Å²) in [6.45, 7) is -0.538. The summed E-state index contributed by atoms with van der Waals surface area (Å²) in [5.41, 5.74) is 15.3. The van der Waals surface area contributed by atoms with Crippen LogP contribution >= 0.6 is 7.75 Å². The van der Waals surface area contributed by atoms with Crippen LogP contribution in [0.4, 0.5) is 5.82 Å². The maximum atomic E-state index is 12.0. The minimum Gasteiger partial charge on any atom is -0.481 e. The van der Waals surface area contributed by atoms with Crippen molar-refractivity contribution in [1.29, 1.82) is 0 Å². The number of ether oxygens (including phenoxy) is 1. The Kier molecular flexibility index (Phi) is 6.87. The van der Waals surface area contributed by atoms with Crippen molar-refractivity contribution in [3.05, 3.63) is 22.7 Å². The van der Waals surface area contributed by atoms with Crippen molar-refractivity contribution in [3.8, 4) is 0 Å². The minimum absolute atomic E-state index is 0.00230. The molecule has 0 aliphatic carbocycles. The highest BCUT2D eigenvalue weighted by atomic mass is 31.2. The van der Waals surface area contributed by atoms with Crippen LogP contribution in [0.25, 0.3) is 0 Å². The average Bonchev–Trinajstić information content (AvgIpc) is 2.92. The summed E-state index contributed by atoms with van der Waals surface area (Å²) in [5, 5.41) is 18.6. The van der Waals surface area contributed by atoms with Crippen LogP contribution in [0.5, 0.6) is 0 Å². The van der Waals surface area contributed by atoms with Gasteiger partial charge in [-0.3, -0.25) is 13.9 Å². The summed E-state index contributed by atoms with van der Waals surface area (Å²) in [5.74, 6) is -2.66. The van der Waals surface area contributed by atoms with E-state index in [1.165, 1.54) is 12.3 Å². The Bertz CT molecular complexity index is 846. The number of nitrogens with zero attached hydrogens (tertiary/aromatic N) is 2. The Hall–Kier alpha value is -2.35. The number of carboxylic acids is 1. The largest absolute Gasteiger partial charge is 0.481 e. The standard InChI is InChI=1S/C13H20N5O9P/c14-6(3-11(20)21)12(22)27-28(16,24)25-5-8-7(19)4-10(26-8)18-2-1-9(15)17-13(18)23/h1-2,6-8,10,19H,3-5,14H2,(H2,16,24)(H,20,21)(H2,15,17,23)/t6-,7-,8+,10+,28?/m0/s1. The van der Waals surface area contributed by atoms with Crippen LogP contribution in [0, 0.1) is 0 Å². The fourth-order valence-electron chi connectivity index (χ4n) is 2.35. The van der Waals surface area contributed by atoms with Gasteiger partial charge in [-0.25, -0.2) is 19.7 Å². The van der Waals surface area contributed by atoms with Crippen molar-refractivity contribution in [1.82, 2.24) is 9.55 Å². The molecular weight excluding hydrogens is 401 g/mol. The second kappa shape index (κ2) is 8.77. The molecule has 1 aromatic rings. The number of nitrogen functional groups attached to an aromatic ring is 1. The monoisotopic (exact) mass is 421 g/mol. The SMILES string of the molecule is Nc1ccn([C@H]2C[C@H](O)[C@@H](COP(N)(=O)OC(=O)[C@@H](N)CC(=O)O)O2)c(=O)n1. The van der Waals surface area contributed by atoms with Gasteiger partial charge in [0.25, 0.3) is 0 Å². The number of anilines is 1. The lowest BCUT2D eigenvalue weighted by molar-refractivity contribution is -0.144. The van der Waals surface area contributed by atoms with Crippen LogP contribution in [-0.4, -0.2) is 56.6 Å². The van der Waals surface area contributed by atoms with Gasteiger partial charge in [0.15, 0.2) is 0 Å². The van der Waals surface area contributed by atoms with Gasteiger partial charge < -0.3 is 30.9 Å². The number of aliphatic hydroxyl groups excluding tert-OH is 1. The van der Waals surface area contributed by atoms with Crippen molar-refractivity contribution >= 4 is 25.5 Å².